The number of hydrogen-bond donors (Lipinski definition) is 0. The first kappa shape index (κ1) is 26.0. The molecule has 2 aromatic carbocycles. The highest BCUT2D eigenvalue weighted by Gasteiger charge is 2.22. The molecule has 0 saturated carbocycles. The van der Waals surface area contributed by atoms with E-state index in [-0.39, 0.29) is 24.9 Å². The van der Waals surface area contributed by atoms with Gasteiger partial charge in [-0.2, -0.15) is 0 Å². The molecule has 33 heavy (non-hydrogen) atoms. The number of morpholine rings is 1. The second-order valence-corrected chi connectivity index (χ2v) is 9.54. The van der Waals surface area contributed by atoms with Crippen molar-refractivity contribution in [3.05, 3.63) is 52.0 Å². The first-order valence-electron chi connectivity index (χ1n) is 10.5. The second-order valence-electron chi connectivity index (χ2n) is 7.66. The van der Waals surface area contributed by atoms with E-state index in [9.17, 15) is 4.79 Å². The zero-order valence-electron chi connectivity index (χ0n) is 18.3. The summed E-state index contributed by atoms with van der Waals surface area (Å²) in [5, 5.41) is 1.95. The second kappa shape index (κ2) is 12.2. The summed E-state index contributed by atoms with van der Waals surface area (Å²) in [6.07, 6.45) is 0.836. The highest BCUT2D eigenvalue weighted by molar-refractivity contribution is 7.22. The standard InChI is InChI=1S/C23H25Cl2N3O3S.ClH/c1-16-13-18(25)14-20-22(16)26-23(32-20)28(8-2-7-27-9-11-30-12-10-27)21(29)15-31-19-5-3-17(24)4-6-19;/h3-6,13-14H,2,7-12,15H2,1H3;1H. The number of thiazole rings is 1. The number of benzene rings is 2. The highest BCUT2D eigenvalue weighted by atomic mass is 35.5. The molecule has 0 atom stereocenters. The Morgan fingerprint density at radius 2 is 1.91 bits per heavy atom. The van der Waals surface area contributed by atoms with Gasteiger partial charge in [-0.15, -0.1) is 12.4 Å². The predicted octanol–water partition coefficient (Wildman–Crippen LogP) is 5.47. The zero-order valence-corrected chi connectivity index (χ0v) is 21.4. The molecular weight excluding hydrogens is 505 g/mol. The normalized spacial score (nSPS) is 14.2. The Bertz CT molecular complexity index is 1070. The maximum Gasteiger partial charge on any atom is 0.266 e. The van der Waals surface area contributed by atoms with Gasteiger partial charge in [0.1, 0.15) is 5.75 Å². The van der Waals surface area contributed by atoms with E-state index < -0.39 is 0 Å². The number of halogens is 3. The molecule has 6 nitrogen and oxygen atoms in total. The highest BCUT2D eigenvalue weighted by Crippen LogP contribution is 2.33. The van der Waals surface area contributed by atoms with Crippen LogP contribution in [-0.4, -0.2) is 61.8 Å². The van der Waals surface area contributed by atoms with E-state index in [0.29, 0.717) is 27.5 Å². The van der Waals surface area contributed by atoms with Crippen LogP contribution in [0.4, 0.5) is 5.13 Å². The number of hydrogen-bond acceptors (Lipinski definition) is 6. The van der Waals surface area contributed by atoms with Crippen molar-refractivity contribution in [3.63, 3.8) is 0 Å². The molecule has 1 aromatic heterocycles. The van der Waals surface area contributed by atoms with Gasteiger partial charge < -0.3 is 9.47 Å². The first-order valence-corrected chi connectivity index (χ1v) is 12.1. The molecule has 0 unspecified atom stereocenters. The molecule has 1 aliphatic rings. The van der Waals surface area contributed by atoms with Gasteiger partial charge in [0.15, 0.2) is 11.7 Å². The maximum absolute atomic E-state index is 13.2. The van der Waals surface area contributed by atoms with Crippen molar-refractivity contribution in [1.29, 1.82) is 0 Å². The van der Waals surface area contributed by atoms with Crippen molar-refractivity contribution in [2.45, 2.75) is 13.3 Å². The largest absolute Gasteiger partial charge is 0.484 e. The lowest BCUT2D eigenvalue weighted by atomic mass is 10.2. The number of anilines is 1. The lowest BCUT2D eigenvalue weighted by molar-refractivity contribution is -0.120. The molecule has 0 spiro atoms. The molecule has 1 fully saturated rings. The first-order chi connectivity index (χ1) is 15.5. The van der Waals surface area contributed by atoms with Crippen molar-refractivity contribution in [1.82, 2.24) is 9.88 Å². The van der Waals surface area contributed by atoms with Crippen LogP contribution in [-0.2, 0) is 9.53 Å². The molecule has 1 aliphatic heterocycles. The minimum absolute atomic E-state index is 0. The molecule has 0 radical (unpaired) electrons. The fourth-order valence-corrected chi connectivity index (χ4v) is 5.21. The number of carbonyl (C=O) groups excluding carboxylic acids is 1. The van der Waals surface area contributed by atoms with Gasteiger partial charge in [-0.3, -0.25) is 14.6 Å². The van der Waals surface area contributed by atoms with Crippen LogP contribution in [0.25, 0.3) is 10.2 Å². The zero-order chi connectivity index (χ0) is 22.5. The fourth-order valence-electron chi connectivity index (χ4n) is 3.62. The van der Waals surface area contributed by atoms with E-state index in [1.807, 2.05) is 19.1 Å². The lowest BCUT2D eigenvalue weighted by Crippen LogP contribution is -2.40. The van der Waals surface area contributed by atoms with Crippen LogP contribution in [0.2, 0.25) is 10.0 Å². The Hall–Kier alpha value is -1.61. The van der Waals surface area contributed by atoms with Crippen molar-refractivity contribution < 1.29 is 14.3 Å². The number of amides is 1. The third kappa shape index (κ3) is 6.94. The molecule has 10 heteroatoms. The molecule has 1 saturated heterocycles. The summed E-state index contributed by atoms with van der Waals surface area (Å²) in [5.41, 5.74) is 1.87. The van der Waals surface area contributed by atoms with E-state index in [0.717, 1.165) is 55.0 Å². The Balaban J connectivity index is 0.00000306. The van der Waals surface area contributed by atoms with Gasteiger partial charge >= 0.3 is 0 Å². The van der Waals surface area contributed by atoms with Crippen LogP contribution in [0.15, 0.2) is 36.4 Å². The number of ether oxygens (including phenoxy) is 2. The van der Waals surface area contributed by atoms with Crippen LogP contribution >= 0.6 is 46.9 Å². The number of fused-ring (bicyclic) bond motifs is 1. The Morgan fingerprint density at radius 1 is 1.18 bits per heavy atom. The molecular formula is C23H26Cl3N3O3S. The molecule has 0 aliphatic carbocycles. The van der Waals surface area contributed by atoms with E-state index in [2.05, 4.69) is 4.90 Å². The van der Waals surface area contributed by atoms with Gasteiger partial charge in [0.05, 0.1) is 23.4 Å². The number of aryl methyl sites for hydroxylation is 1. The summed E-state index contributed by atoms with van der Waals surface area (Å²) < 4.78 is 12.1. The molecule has 0 N–H and O–H groups in total. The summed E-state index contributed by atoms with van der Waals surface area (Å²) in [5.74, 6) is 0.465. The molecule has 178 valence electrons. The van der Waals surface area contributed by atoms with E-state index in [4.69, 9.17) is 37.7 Å². The number of carbonyl (C=O) groups is 1. The minimum atomic E-state index is -0.135. The van der Waals surface area contributed by atoms with Gasteiger partial charge in [-0.1, -0.05) is 34.5 Å². The minimum Gasteiger partial charge on any atom is -0.484 e. The molecule has 4 rings (SSSR count). The smallest absolute Gasteiger partial charge is 0.266 e. The summed E-state index contributed by atoms with van der Waals surface area (Å²) in [4.78, 5) is 22.0. The molecule has 2 heterocycles. The van der Waals surface area contributed by atoms with Gasteiger partial charge in [0.2, 0.25) is 0 Å². The Kier molecular flexibility index (Phi) is 9.61. The number of aromatic nitrogens is 1. The van der Waals surface area contributed by atoms with Gasteiger partial charge in [0, 0.05) is 36.2 Å². The van der Waals surface area contributed by atoms with Gasteiger partial charge in [0.25, 0.3) is 5.91 Å². The summed E-state index contributed by atoms with van der Waals surface area (Å²) in [7, 11) is 0. The van der Waals surface area contributed by atoms with Crippen LogP contribution in [0.3, 0.4) is 0 Å². The van der Waals surface area contributed by atoms with Crippen LogP contribution in [0, 0.1) is 6.92 Å². The molecule has 0 bridgehead atoms. The van der Waals surface area contributed by atoms with Gasteiger partial charge in [-0.05, 0) is 55.3 Å². The molecule has 1 amide bonds. The lowest BCUT2D eigenvalue weighted by Gasteiger charge is -2.27. The maximum atomic E-state index is 13.2. The van der Waals surface area contributed by atoms with E-state index in [1.54, 1.807) is 29.2 Å². The summed E-state index contributed by atoms with van der Waals surface area (Å²) >= 11 is 13.6. The Morgan fingerprint density at radius 3 is 2.64 bits per heavy atom. The molecule has 3 aromatic rings. The monoisotopic (exact) mass is 529 g/mol. The van der Waals surface area contributed by atoms with Crippen LogP contribution < -0.4 is 9.64 Å². The van der Waals surface area contributed by atoms with E-state index >= 15 is 0 Å². The average molecular weight is 531 g/mol. The van der Waals surface area contributed by atoms with Crippen LogP contribution in [0.1, 0.15) is 12.0 Å². The number of nitrogens with zero attached hydrogens (tertiary/aromatic N) is 3. The van der Waals surface area contributed by atoms with Crippen molar-refractivity contribution in [3.8, 4) is 5.75 Å². The average Bonchev–Trinajstić information content (AvgIpc) is 3.21. The topological polar surface area (TPSA) is 54.9 Å². The van der Waals surface area contributed by atoms with Crippen molar-refractivity contribution in [2.75, 3.05) is 50.9 Å². The van der Waals surface area contributed by atoms with Gasteiger partial charge in [-0.25, -0.2) is 4.98 Å². The van der Waals surface area contributed by atoms with Crippen molar-refractivity contribution in [2.24, 2.45) is 0 Å². The predicted molar refractivity (Wildman–Crippen MR) is 138 cm³/mol. The Labute approximate surface area is 213 Å². The van der Waals surface area contributed by atoms with E-state index in [1.165, 1.54) is 11.3 Å². The SMILES string of the molecule is Cc1cc(Cl)cc2sc(N(CCCN3CCOCC3)C(=O)COc3ccc(Cl)cc3)nc12.Cl. The fraction of sp³-hybridized carbons (Fsp3) is 0.391. The quantitative estimate of drug-likeness (QED) is 0.387. The third-order valence-electron chi connectivity index (χ3n) is 5.31. The number of rotatable bonds is 8. The summed E-state index contributed by atoms with van der Waals surface area (Å²) in [6, 6.07) is 10.8. The third-order valence-corrected chi connectivity index (χ3v) is 6.80. The summed E-state index contributed by atoms with van der Waals surface area (Å²) in [6.45, 7) is 6.73. The van der Waals surface area contributed by atoms with Crippen molar-refractivity contribution >= 4 is 68.2 Å². The van der Waals surface area contributed by atoms with Crippen LogP contribution in [0.5, 0.6) is 5.75 Å².